The molecule has 1 atom stereocenters. The largest absolute Gasteiger partial charge is 0.449 e. The summed E-state index contributed by atoms with van der Waals surface area (Å²) < 4.78 is 4.95. The van der Waals surface area contributed by atoms with Crippen LogP contribution in [-0.4, -0.2) is 27.8 Å². The molecule has 1 unspecified atom stereocenters. The van der Waals surface area contributed by atoms with Crippen molar-refractivity contribution < 1.29 is 24.2 Å². The number of nitro groups is 2. The van der Waals surface area contributed by atoms with Crippen LogP contribution in [0.4, 0.5) is 17.1 Å². The van der Waals surface area contributed by atoms with Gasteiger partial charge in [-0.15, -0.1) is 0 Å². The molecule has 10 nitrogen and oxygen atoms in total. The van der Waals surface area contributed by atoms with Gasteiger partial charge in [0.25, 0.3) is 17.3 Å². The zero-order valence-electron chi connectivity index (χ0n) is 13.4. The van der Waals surface area contributed by atoms with E-state index in [-0.39, 0.29) is 16.9 Å². The topological polar surface area (TPSA) is 142 Å². The normalized spacial score (nSPS) is 11.3. The van der Waals surface area contributed by atoms with E-state index in [2.05, 4.69) is 5.32 Å². The van der Waals surface area contributed by atoms with E-state index in [0.29, 0.717) is 0 Å². The summed E-state index contributed by atoms with van der Waals surface area (Å²) in [6.45, 7) is 1.28. The van der Waals surface area contributed by atoms with Gasteiger partial charge in [-0.05, 0) is 19.1 Å². The summed E-state index contributed by atoms with van der Waals surface area (Å²) >= 11 is 0. The molecule has 0 saturated carbocycles. The lowest BCUT2D eigenvalue weighted by Crippen LogP contribution is -2.30. The second-order valence-electron chi connectivity index (χ2n) is 5.12. The number of benzene rings is 2. The van der Waals surface area contributed by atoms with Gasteiger partial charge in [0.05, 0.1) is 9.85 Å². The number of anilines is 1. The highest BCUT2D eigenvalue weighted by Crippen LogP contribution is 2.20. The number of nitro benzene ring substituents is 2. The second kappa shape index (κ2) is 7.83. The maximum absolute atomic E-state index is 12.1. The maximum atomic E-state index is 12.1. The number of rotatable bonds is 6. The van der Waals surface area contributed by atoms with Crippen LogP contribution in [0.2, 0.25) is 0 Å². The SMILES string of the molecule is CC(OC(=O)c1ccccc1[N+](=O)[O-])C(=O)Nc1cccc([N+](=O)[O-])c1. The average Bonchev–Trinajstić information content (AvgIpc) is 2.61. The first kappa shape index (κ1) is 18.5. The standard InChI is InChI=1S/C16H13N3O7/c1-10(15(20)17-11-5-4-6-12(9-11)18(22)23)26-16(21)13-7-2-3-8-14(13)19(24)25/h2-10H,1H3,(H,17,20). The molecule has 0 aromatic heterocycles. The molecule has 10 heteroatoms. The Morgan fingerprint density at radius 3 is 2.38 bits per heavy atom. The van der Waals surface area contributed by atoms with Crippen molar-refractivity contribution in [3.05, 3.63) is 74.3 Å². The van der Waals surface area contributed by atoms with E-state index >= 15 is 0 Å². The Morgan fingerprint density at radius 2 is 1.73 bits per heavy atom. The Hall–Kier alpha value is -3.82. The maximum Gasteiger partial charge on any atom is 0.345 e. The van der Waals surface area contributed by atoms with Crippen molar-refractivity contribution in [2.45, 2.75) is 13.0 Å². The number of hydrogen-bond donors (Lipinski definition) is 1. The molecule has 26 heavy (non-hydrogen) atoms. The highest BCUT2D eigenvalue weighted by molar-refractivity contribution is 5.99. The first-order valence-corrected chi connectivity index (χ1v) is 7.29. The summed E-state index contributed by atoms with van der Waals surface area (Å²) in [5, 5.41) is 24.0. The zero-order valence-corrected chi connectivity index (χ0v) is 13.4. The Balaban J connectivity index is 2.07. The van der Waals surface area contributed by atoms with Crippen molar-refractivity contribution in [2.75, 3.05) is 5.32 Å². The molecule has 2 rings (SSSR count). The van der Waals surface area contributed by atoms with Gasteiger partial charge in [-0.3, -0.25) is 25.0 Å². The minimum Gasteiger partial charge on any atom is -0.449 e. The quantitative estimate of drug-likeness (QED) is 0.474. The second-order valence-corrected chi connectivity index (χ2v) is 5.12. The Kier molecular flexibility index (Phi) is 5.58. The van der Waals surface area contributed by atoms with Crippen LogP contribution in [-0.2, 0) is 9.53 Å². The van der Waals surface area contributed by atoms with E-state index in [0.717, 1.165) is 12.1 Å². The van der Waals surface area contributed by atoms with Gasteiger partial charge in [-0.25, -0.2) is 4.79 Å². The third-order valence-corrected chi connectivity index (χ3v) is 3.30. The summed E-state index contributed by atoms with van der Waals surface area (Å²) in [6.07, 6.45) is -1.28. The van der Waals surface area contributed by atoms with Crippen LogP contribution >= 0.6 is 0 Å². The molecule has 0 heterocycles. The number of esters is 1. The smallest absolute Gasteiger partial charge is 0.345 e. The van der Waals surface area contributed by atoms with E-state index in [1.807, 2.05) is 0 Å². The van der Waals surface area contributed by atoms with Crippen LogP contribution in [0.3, 0.4) is 0 Å². The number of carbonyl (C=O) groups is 2. The van der Waals surface area contributed by atoms with Crippen molar-refractivity contribution >= 4 is 28.9 Å². The van der Waals surface area contributed by atoms with Gasteiger partial charge in [0.15, 0.2) is 6.10 Å². The summed E-state index contributed by atoms with van der Waals surface area (Å²) in [4.78, 5) is 44.5. The van der Waals surface area contributed by atoms with Crippen molar-refractivity contribution in [2.24, 2.45) is 0 Å². The first-order chi connectivity index (χ1) is 12.3. The Bertz CT molecular complexity index is 882. The number of carbonyl (C=O) groups excluding carboxylic acids is 2. The zero-order chi connectivity index (χ0) is 19.3. The number of ether oxygens (including phenoxy) is 1. The lowest BCUT2D eigenvalue weighted by Gasteiger charge is -2.13. The average molecular weight is 359 g/mol. The van der Waals surface area contributed by atoms with Crippen LogP contribution < -0.4 is 5.32 Å². The van der Waals surface area contributed by atoms with Gasteiger partial charge in [0.2, 0.25) is 0 Å². The summed E-state index contributed by atoms with van der Waals surface area (Å²) in [7, 11) is 0. The molecule has 0 fully saturated rings. The van der Waals surface area contributed by atoms with Crippen molar-refractivity contribution in [3.63, 3.8) is 0 Å². The summed E-state index contributed by atoms with van der Waals surface area (Å²) in [5.41, 5.74) is -0.790. The molecule has 0 aliphatic carbocycles. The molecule has 0 saturated heterocycles. The van der Waals surface area contributed by atoms with E-state index in [9.17, 15) is 29.8 Å². The predicted molar refractivity (Wildman–Crippen MR) is 89.7 cm³/mol. The van der Waals surface area contributed by atoms with Gasteiger partial charge in [0, 0.05) is 23.9 Å². The molecule has 0 aliphatic heterocycles. The Morgan fingerprint density at radius 1 is 1.04 bits per heavy atom. The third kappa shape index (κ3) is 4.38. The van der Waals surface area contributed by atoms with Crippen molar-refractivity contribution in [1.29, 1.82) is 0 Å². The van der Waals surface area contributed by atoms with Gasteiger partial charge < -0.3 is 10.1 Å². The van der Waals surface area contributed by atoms with Crippen molar-refractivity contribution in [3.8, 4) is 0 Å². The van der Waals surface area contributed by atoms with Crippen LogP contribution in [0.1, 0.15) is 17.3 Å². The monoisotopic (exact) mass is 359 g/mol. The van der Waals surface area contributed by atoms with E-state index in [4.69, 9.17) is 4.74 Å². The van der Waals surface area contributed by atoms with Crippen LogP contribution in [0.25, 0.3) is 0 Å². The van der Waals surface area contributed by atoms with E-state index in [1.165, 1.54) is 43.3 Å². The molecule has 2 aromatic rings. The highest BCUT2D eigenvalue weighted by atomic mass is 16.6. The minimum atomic E-state index is -1.28. The Labute approximate surface area is 146 Å². The van der Waals surface area contributed by atoms with Gasteiger partial charge in [0.1, 0.15) is 5.56 Å². The molecular formula is C16H13N3O7. The van der Waals surface area contributed by atoms with Gasteiger partial charge in [-0.1, -0.05) is 18.2 Å². The van der Waals surface area contributed by atoms with Crippen LogP contribution in [0.15, 0.2) is 48.5 Å². The highest BCUT2D eigenvalue weighted by Gasteiger charge is 2.25. The van der Waals surface area contributed by atoms with Crippen LogP contribution in [0, 0.1) is 20.2 Å². The number of nitrogens with one attached hydrogen (secondary N) is 1. The predicted octanol–water partition coefficient (Wildman–Crippen LogP) is 2.69. The molecule has 2 aromatic carbocycles. The third-order valence-electron chi connectivity index (χ3n) is 3.30. The van der Waals surface area contributed by atoms with Gasteiger partial charge in [-0.2, -0.15) is 0 Å². The first-order valence-electron chi connectivity index (χ1n) is 7.29. The summed E-state index contributed by atoms with van der Waals surface area (Å²) in [6, 6.07) is 10.4. The molecule has 0 bridgehead atoms. The van der Waals surface area contributed by atoms with E-state index in [1.54, 1.807) is 0 Å². The lowest BCUT2D eigenvalue weighted by atomic mass is 10.2. The minimum absolute atomic E-state index is 0.151. The van der Waals surface area contributed by atoms with Crippen LogP contribution in [0.5, 0.6) is 0 Å². The fourth-order valence-electron chi connectivity index (χ4n) is 2.02. The molecule has 1 amide bonds. The number of para-hydroxylation sites is 1. The lowest BCUT2D eigenvalue weighted by molar-refractivity contribution is -0.385. The number of nitrogens with zero attached hydrogens (tertiary/aromatic N) is 2. The number of amides is 1. The molecule has 0 aliphatic rings. The molecule has 0 spiro atoms. The van der Waals surface area contributed by atoms with Crippen molar-refractivity contribution in [1.82, 2.24) is 0 Å². The fraction of sp³-hybridized carbons (Fsp3) is 0.125. The molecular weight excluding hydrogens is 346 g/mol. The molecule has 0 radical (unpaired) electrons. The number of hydrogen-bond acceptors (Lipinski definition) is 7. The molecule has 134 valence electrons. The molecule has 1 N–H and O–H groups in total. The van der Waals surface area contributed by atoms with Gasteiger partial charge >= 0.3 is 5.97 Å². The summed E-state index contributed by atoms with van der Waals surface area (Å²) in [5.74, 6) is -1.77. The van der Waals surface area contributed by atoms with E-state index < -0.39 is 33.5 Å². The fourth-order valence-corrected chi connectivity index (χ4v) is 2.02. The number of non-ortho nitro benzene ring substituents is 1.